The van der Waals surface area contributed by atoms with Crippen LogP contribution in [0.1, 0.15) is 19.3 Å². The van der Waals surface area contributed by atoms with Gasteiger partial charge in [-0.15, -0.1) is 10.2 Å². The summed E-state index contributed by atoms with van der Waals surface area (Å²) in [7, 11) is -3.03. The first-order valence-electron chi connectivity index (χ1n) is 8.95. The van der Waals surface area contributed by atoms with E-state index in [1.165, 1.54) is 16.9 Å². The zero-order chi connectivity index (χ0) is 19.0. The van der Waals surface area contributed by atoms with Crippen LogP contribution in [-0.2, 0) is 21.2 Å². The van der Waals surface area contributed by atoms with Crippen molar-refractivity contribution < 1.29 is 17.6 Å². The number of aryl methyl sites for hydroxylation is 1. The molecular formula is C17H20FN5O3S. The van der Waals surface area contributed by atoms with Gasteiger partial charge in [-0.2, -0.15) is 4.80 Å². The highest BCUT2D eigenvalue weighted by Gasteiger charge is 2.47. The van der Waals surface area contributed by atoms with Gasteiger partial charge in [0.1, 0.15) is 5.82 Å². The van der Waals surface area contributed by atoms with Gasteiger partial charge in [0, 0.05) is 25.1 Å². The maximum absolute atomic E-state index is 13.0. The number of halogens is 1. The molecule has 2 fully saturated rings. The van der Waals surface area contributed by atoms with Crippen LogP contribution in [0.5, 0.6) is 0 Å². The van der Waals surface area contributed by atoms with Crippen molar-refractivity contribution in [3.8, 4) is 11.4 Å². The Morgan fingerprint density at radius 2 is 2.00 bits per heavy atom. The second-order valence-corrected chi connectivity index (χ2v) is 9.41. The fourth-order valence-electron chi connectivity index (χ4n) is 3.78. The molecule has 2 aromatic rings. The highest BCUT2D eigenvalue weighted by Crippen LogP contribution is 2.33. The Kier molecular flexibility index (Phi) is 4.67. The van der Waals surface area contributed by atoms with Crippen LogP contribution in [-0.4, -0.2) is 63.5 Å². The van der Waals surface area contributed by atoms with Gasteiger partial charge in [-0.3, -0.25) is 4.79 Å². The highest BCUT2D eigenvalue weighted by molar-refractivity contribution is 7.92. The highest BCUT2D eigenvalue weighted by atomic mass is 32.2. The molecule has 8 nitrogen and oxygen atoms in total. The molecule has 144 valence electrons. The van der Waals surface area contributed by atoms with Crippen molar-refractivity contribution in [3.63, 3.8) is 0 Å². The number of carbonyl (C=O) groups excluding carboxylic acids is 1. The molecule has 0 aliphatic carbocycles. The topological polar surface area (TPSA) is 98.1 Å². The molecule has 1 aromatic carbocycles. The molecule has 0 unspecified atom stereocenters. The van der Waals surface area contributed by atoms with Gasteiger partial charge in [0.25, 0.3) is 0 Å². The lowest BCUT2D eigenvalue weighted by molar-refractivity contribution is -0.130. The Hall–Kier alpha value is -2.36. The van der Waals surface area contributed by atoms with Crippen molar-refractivity contribution in [2.24, 2.45) is 5.92 Å². The zero-order valence-corrected chi connectivity index (χ0v) is 15.5. The number of hydrogen-bond donors (Lipinski definition) is 0. The average Bonchev–Trinajstić information content (AvgIpc) is 3.33. The van der Waals surface area contributed by atoms with Gasteiger partial charge in [0.2, 0.25) is 11.7 Å². The summed E-state index contributed by atoms with van der Waals surface area (Å²) in [6.45, 7) is 1.29. The Morgan fingerprint density at radius 1 is 1.22 bits per heavy atom. The molecule has 0 N–H and O–H groups in total. The predicted octanol–water partition coefficient (Wildman–Crippen LogP) is 0.905. The molecule has 2 atom stereocenters. The van der Waals surface area contributed by atoms with Crippen LogP contribution in [0.2, 0.25) is 0 Å². The third-order valence-electron chi connectivity index (χ3n) is 5.27. The minimum atomic E-state index is -3.03. The number of likely N-dealkylation sites (tertiary alicyclic amines) is 1. The number of fused-ring (bicyclic) bond motifs is 1. The summed E-state index contributed by atoms with van der Waals surface area (Å²) in [6.07, 6.45) is 1.51. The van der Waals surface area contributed by atoms with Crippen LogP contribution in [0.3, 0.4) is 0 Å². The smallest absolute Gasteiger partial charge is 0.222 e. The lowest BCUT2D eigenvalue weighted by atomic mass is 10.1. The molecule has 0 radical (unpaired) electrons. The maximum atomic E-state index is 13.0. The van der Waals surface area contributed by atoms with E-state index >= 15 is 0 Å². The number of sulfone groups is 1. The first kappa shape index (κ1) is 18.0. The van der Waals surface area contributed by atoms with E-state index in [-0.39, 0.29) is 28.6 Å². The summed E-state index contributed by atoms with van der Waals surface area (Å²) in [6, 6.07) is 5.83. The number of rotatable bonds is 5. The van der Waals surface area contributed by atoms with Crippen LogP contribution in [0, 0.1) is 11.7 Å². The number of amides is 1. The fourth-order valence-corrected chi connectivity index (χ4v) is 5.93. The molecule has 2 aliphatic rings. The molecule has 1 aromatic heterocycles. The van der Waals surface area contributed by atoms with Crippen LogP contribution >= 0.6 is 0 Å². The number of aromatic nitrogens is 4. The summed E-state index contributed by atoms with van der Waals surface area (Å²) in [5, 5.41) is 11.8. The standard InChI is InChI=1S/C17H20FN5O3S/c18-14-5-3-12(4-6-14)17-19-21-23(20-17)8-1-2-16(24)22-10-13-7-9-27(25,26)15(13)11-22/h3-6,13,15H,1-2,7-11H2/t13-,15+/m0/s1. The molecular weight excluding hydrogens is 373 g/mol. The van der Waals surface area contributed by atoms with E-state index in [4.69, 9.17) is 0 Å². The first-order valence-corrected chi connectivity index (χ1v) is 10.7. The fraction of sp³-hybridized carbons (Fsp3) is 0.529. The van der Waals surface area contributed by atoms with Crippen molar-refractivity contribution in [1.29, 1.82) is 0 Å². The van der Waals surface area contributed by atoms with Gasteiger partial charge >= 0.3 is 0 Å². The lowest BCUT2D eigenvalue weighted by Gasteiger charge is -2.17. The van der Waals surface area contributed by atoms with E-state index in [0.717, 1.165) is 0 Å². The maximum Gasteiger partial charge on any atom is 0.222 e. The second-order valence-electron chi connectivity index (χ2n) is 7.07. The summed E-state index contributed by atoms with van der Waals surface area (Å²) < 4.78 is 36.9. The van der Waals surface area contributed by atoms with E-state index in [1.54, 1.807) is 17.0 Å². The van der Waals surface area contributed by atoms with Gasteiger partial charge in [0.05, 0.1) is 17.5 Å². The van der Waals surface area contributed by atoms with Crippen molar-refractivity contribution >= 4 is 15.7 Å². The van der Waals surface area contributed by atoms with Crippen LogP contribution in [0.4, 0.5) is 4.39 Å². The molecule has 2 aliphatic heterocycles. The summed E-state index contributed by atoms with van der Waals surface area (Å²) in [5.41, 5.74) is 0.670. The second kappa shape index (κ2) is 6.99. The quantitative estimate of drug-likeness (QED) is 0.749. The van der Waals surface area contributed by atoms with Gasteiger partial charge in [0.15, 0.2) is 9.84 Å². The molecule has 0 saturated carbocycles. The number of nitrogens with zero attached hydrogens (tertiary/aromatic N) is 5. The van der Waals surface area contributed by atoms with Crippen LogP contribution < -0.4 is 0 Å². The zero-order valence-electron chi connectivity index (χ0n) is 14.7. The van der Waals surface area contributed by atoms with E-state index in [2.05, 4.69) is 15.4 Å². The minimum absolute atomic E-state index is 0.0292. The van der Waals surface area contributed by atoms with Crippen molar-refractivity contribution in [1.82, 2.24) is 25.1 Å². The Bertz CT molecular complexity index is 944. The Labute approximate surface area is 156 Å². The SMILES string of the molecule is O=C(CCCn1nnc(-c2ccc(F)cc2)n1)N1C[C@@H]2CCS(=O)(=O)[C@@H]2C1. The third-order valence-corrected chi connectivity index (χ3v) is 7.53. The summed E-state index contributed by atoms with van der Waals surface area (Å²) in [4.78, 5) is 15.4. The lowest BCUT2D eigenvalue weighted by Crippen LogP contribution is -2.32. The number of benzene rings is 1. The first-order chi connectivity index (χ1) is 12.9. The van der Waals surface area contributed by atoms with Gasteiger partial charge < -0.3 is 4.90 Å². The van der Waals surface area contributed by atoms with Crippen LogP contribution in [0.25, 0.3) is 11.4 Å². The van der Waals surface area contributed by atoms with Crippen LogP contribution in [0.15, 0.2) is 24.3 Å². The molecule has 27 heavy (non-hydrogen) atoms. The van der Waals surface area contributed by atoms with E-state index in [1.807, 2.05) is 0 Å². The molecule has 4 rings (SSSR count). The molecule has 2 saturated heterocycles. The van der Waals surface area contributed by atoms with Gasteiger partial charge in [-0.25, -0.2) is 12.8 Å². The molecule has 10 heteroatoms. The van der Waals surface area contributed by atoms with E-state index < -0.39 is 9.84 Å². The molecule has 0 bridgehead atoms. The van der Waals surface area contributed by atoms with Crippen molar-refractivity contribution in [2.75, 3.05) is 18.8 Å². The van der Waals surface area contributed by atoms with Crippen molar-refractivity contribution in [2.45, 2.75) is 31.1 Å². The average molecular weight is 393 g/mol. The number of hydrogen-bond acceptors (Lipinski definition) is 6. The summed E-state index contributed by atoms with van der Waals surface area (Å²) in [5.74, 6) is 0.383. The monoisotopic (exact) mass is 393 g/mol. The van der Waals surface area contributed by atoms with Gasteiger partial charge in [-0.1, -0.05) is 0 Å². The molecule has 1 amide bonds. The summed E-state index contributed by atoms with van der Waals surface area (Å²) >= 11 is 0. The van der Waals surface area contributed by atoms with Crippen molar-refractivity contribution in [3.05, 3.63) is 30.1 Å². The Balaban J connectivity index is 1.28. The van der Waals surface area contributed by atoms with Gasteiger partial charge in [-0.05, 0) is 48.2 Å². The molecule has 0 spiro atoms. The molecule has 3 heterocycles. The van der Waals surface area contributed by atoms with E-state index in [9.17, 15) is 17.6 Å². The number of tetrazole rings is 1. The van der Waals surface area contributed by atoms with E-state index in [0.29, 0.717) is 50.3 Å². The predicted molar refractivity (Wildman–Crippen MR) is 94.7 cm³/mol. The number of carbonyl (C=O) groups is 1. The largest absolute Gasteiger partial charge is 0.341 e. The minimum Gasteiger partial charge on any atom is -0.341 e. The normalized spacial score (nSPS) is 23.5. The third kappa shape index (κ3) is 3.71. The Morgan fingerprint density at radius 3 is 2.74 bits per heavy atom.